The largest absolute Gasteiger partial charge is 0.496 e. The first-order chi connectivity index (χ1) is 17.3. The second kappa shape index (κ2) is 10.5. The molecule has 0 bridgehead atoms. The average molecular weight is 517 g/mol. The second-order valence-corrected chi connectivity index (χ2v) is 10.2. The fourth-order valence-corrected chi connectivity index (χ4v) is 5.12. The fourth-order valence-electron chi connectivity index (χ4n) is 3.97. The third-order valence-electron chi connectivity index (χ3n) is 5.97. The zero-order valence-corrected chi connectivity index (χ0v) is 21.4. The molecular weight excluding hydrogens is 488 g/mol. The molecule has 12 heteroatoms. The smallest absolute Gasteiger partial charge is 0.257 e. The number of rotatable bonds is 9. The molecule has 192 valence electrons. The van der Waals surface area contributed by atoms with Gasteiger partial charge < -0.3 is 23.6 Å². The maximum absolute atomic E-state index is 13.3. The fraction of sp³-hybridized carbons (Fsp3) is 0.375. The minimum absolute atomic E-state index is 0.0343. The van der Waals surface area contributed by atoms with Crippen molar-refractivity contribution in [2.45, 2.75) is 24.3 Å². The van der Waals surface area contributed by atoms with Crippen molar-refractivity contribution in [3.8, 4) is 28.6 Å². The van der Waals surface area contributed by atoms with Gasteiger partial charge in [0.15, 0.2) is 11.5 Å². The number of nitrogens with zero attached hydrogens (tertiary/aromatic N) is 4. The van der Waals surface area contributed by atoms with Crippen LogP contribution < -0.4 is 14.2 Å². The number of carbonyl (C=O) groups is 1. The molecule has 0 radical (unpaired) electrons. The molecule has 0 saturated carbocycles. The highest BCUT2D eigenvalue weighted by Gasteiger charge is 2.28. The topological polar surface area (TPSA) is 124 Å². The highest BCUT2D eigenvalue weighted by molar-refractivity contribution is 7.89. The van der Waals surface area contributed by atoms with Crippen LogP contribution in [0.25, 0.3) is 11.4 Å². The van der Waals surface area contributed by atoms with Gasteiger partial charge in [0, 0.05) is 25.7 Å². The number of amides is 1. The Labute approximate surface area is 209 Å². The molecule has 1 aromatic heterocycles. The molecule has 1 amide bonds. The molecular formula is C24H28N4O7S. The number of aromatic nitrogens is 2. The molecule has 3 aromatic rings. The molecule has 0 atom stereocenters. The van der Waals surface area contributed by atoms with E-state index in [2.05, 4.69) is 10.1 Å². The van der Waals surface area contributed by atoms with Crippen molar-refractivity contribution in [1.82, 2.24) is 19.3 Å². The highest BCUT2D eigenvalue weighted by Crippen LogP contribution is 2.31. The number of ether oxygens (including phenoxy) is 3. The van der Waals surface area contributed by atoms with Gasteiger partial charge in [-0.1, -0.05) is 5.16 Å². The van der Waals surface area contributed by atoms with E-state index in [1.165, 1.54) is 46.6 Å². The molecule has 1 aliphatic heterocycles. The molecule has 0 spiro atoms. The highest BCUT2D eigenvalue weighted by atomic mass is 32.2. The van der Waals surface area contributed by atoms with E-state index in [4.69, 9.17) is 18.7 Å². The summed E-state index contributed by atoms with van der Waals surface area (Å²) in [6, 6.07) is 9.41. The number of carbonyl (C=O) groups excluding carboxylic acids is 1. The van der Waals surface area contributed by atoms with Gasteiger partial charge in [0.05, 0.1) is 38.3 Å². The molecule has 36 heavy (non-hydrogen) atoms. The van der Waals surface area contributed by atoms with E-state index in [0.717, 1.165) is 17.1 Å². The molecule has 0 aliphatic carbocycles. The standard InChI is InChI=1S/C24H28N4O7S/c1-27(15-22-25-23(26-35-22)16-7-9-20(33-3)21(13-16)34-4)36(30,31)17-8-10-19(32-2)18(14-17)24(29)28-11-5-6-12-28/h7-10,13-14H,5-6,11-12,15H2,1-4H3. The van der Waals surface area contributed by atoms with E-state index in [1.807, 2.05) is 0 Å². The van der Waals surface area contributed by atoms with Gasteiger partial charge in [0.25, 0.3) is 5.91 Å². The molecule has 1 aliphatic rings. The van der Waals surface area contributed by atoms with Crippen LogP contribution >= 0.6 is 0 Å². The minimum Gasteiger partial charge on any atom is -0.496 e. The number of sulfonamides is 1. The second-order valence-electron chi connectivity index (χ2n) is 8.20. The van der Waals surface area contributed by atoms with Gasteiger partial charge in [-0.25, -0.2) is 8.42 Å². The Balaban J connectivity index is 1.55. The molecule has 0 N–H and O–H groups in total. The predicted octanol–water partition coefficient (Wildman–Crippen LogP) is 2.82. The lowest BCUT2D eigenvalue weighted by Gasteiger charge is -2.19. The first-order valence-electron chi connectivity index (χ1n) is 11.3. The van der Waals surface area contributed by atoms with Crippen molar-refractivity contribution in [2.24, 2.45) is 0 Å². The van der Waals surface area contributed by atoms with E-state index in [1.54, 1.807) is 23.1 Å². The summed E-state index contributed by atoms with van der Waals surface area (Å²) < 4.78 is 48.9. The zero-order chi connectivity index (χ0) is 25.9. The Kier molecular flexibility index (Phi) is 7.45. The van der Waals surface area contributed by atoms with Crippen LogP contribution in [-0.4, -0.2) is 75.1 Å². The summed E-state index contributed by atoms with van der Waals surface area (Å²) in [5.41, 5.74) is 0.829. The number of hydrogen-bond donors (Lipinski definition) is 0. The monoisotopic (exact) mass is 516 g/mol. The van der Waals surface area contributed by atoms with E-state index in [-0.39, 0.29) is 34.6 Å². The lowest BCUT2D eigenvalue weighted by atomic mass is 10.1. The maximum atomic E-state index is 13.3. The van der Waals surface area contributed by atoms with Gasteiger partial charge in [0.2, 0.25) is 21.7 Å². The summed E-state index contributed by atoms with van der Waals surface area (Å²) in [6.45, 7) is 1.11. The SMILES string of the molecule is COc1ccc(-c2noc(CN(C)S(=O)(=O)c3ccc(OC)c(C(=O)N4CCCC4)c3)n2)cc1OC. The van der Waals surface area contributed by atoms with E-state index < -0.39 is 10.0 Å². The van der Waals surface area contributed by atoms with Crippen LogP contribution in [0.3, 0.4) is 0 Å². The van der Waals surface area contributed by atoms with Crippen molar-refractivity contribution in [3.05, 3.63) is 47.9 Å². The molecule has 1 saturated heterocycles. The van der Waals surface area contributed by atoms with Crippen molar-refractivity contribution in [2.75, 3.05) is 41.5 Å². The van der Waals surface area contributed by atoms with E-state index in [0.29, 0.717) is 35.9 Å². The van der Waals surface area contributed by atoms with Crippen molar-refractivity contribution >= 4 is 15.9 Å². The average Bonchev–Trinajstić information content (AvgIpc) is 3.60. The maximum Gasteiger partial charge on any atom is 0.257 e. The van der Waals surface area contributed by atoms with Crippen LogP contribution in [0.1, 0.15) is 29.1 Å². The molecule has 1 fully saturated rings. The van der Waals surface area contributed by atoms with Crippen LogP contribution in [0.4, 0.5) is 0 Å². The molecule has 4 rings (SSSR count). The molecule has 2 heterocycles. The zero-order valence-electron chi connectivity index (χ0n) is 20.6. The third kappa shape index (κ3) is 5.00. The summed E-state index contributed by atoms with van der Waals surface area (Å²) in [6.07, 6.45) is 1.84. The Bertz CT molecular complexity index is 1350. The lowest BCUT2D eigenvalue weighted by molar-refractivity contribution is 0.0789. The van der Waals surface area contributed by atoms with Gasteiger partial charge in [0.1, 0.15) is 5.75 Å². The lowest BCUT2D eigenvalue weighted by Crippen LogP contribution is -2.29. The molecule has 0 unspecified atom stereocenters. The van der Waals surface area contributed by atoms with Crippen molar-refractivity contribution in [1.29, 1.82) is 0 Å². The van der Waals surface area contributed by atoms with Crippen LogP contribution in [0, 0.1) is 0 Å². The number of benzene rings is 2. The number of methoxy groups -OCH3 is 3. The summed E-state index contributed by atoms with van der Waals surface area (Å²) in [5.74, 6) is 1.51. The molecule has 2 aromatic carbocycles. The Morgan fingerprint density at radius 2 is 1.67 bits per heavy atom. The third-order valence-corrected chi connectivity index (χ3v) is 7.77. The predicted molar refractivity (Wildman–Crippen MR) is 130 cm³/mol. The number of hydrogen-bond acceptors (Lipinski definition) is 9. The van der Waals surface area contributed by atoms with Gasteiger partial charge in [-0.2, -0.15) is 9.29 Å². The van der Waals surface area contributed by atoms with Crippen LogP contribution in [0.5, 0.6) is 17.2 Å². The first kappa shape index (κ1) is 25.5. The normalized spacial score (nSPS) is 13.8. The van der Waals surface area contributed by atoms with Gasteiger partial charge in [-0.05, 0) is 49.2 Å². The summed E-state index contributed by atoms with van der Waals surface area (Å²) >= 11 is 0. The van der Waals surface area contributed by atoms with Gasteiger partial charge in [-0.15, -0.1) is 0 Å². The Hall–Kier alpha value is -3.64. The number of likely N-dealkylation sites (tertiary alicyclic amines) is 1. The van der Waals surface area contributed by atoms with Crippen LogP contribution in [0.15, 0.2) is 45.8 Å². The van der Waals surface area contributed by atoms with Crippen molar-refractivity contribution in [3.63, 3.8) is 0 Å². The first-order valence-corrected chi connectivity index (χ1v) is 12.7. The Morgan fingerprint density at radius 1 is 1.00 bits per heavy atom. The minimum atomic E-state index is -3.97. The summed E-state index contributed by atoms with van der Waals surface area (Å²) in [7, 11) is 1.93. The quantitative estimate of drug-likeness (QED) is 0.422. The van der Waals surface area contributed by atoms with Crippen LogP contribution in [-0.2, 0) is 16.6 Å². The molecule has 11 nitrogen and oxygen atoms in total. The summed E-state index contributed by atoms with van der Waals surface area (Å²) in [5, 5.41) is 3.96. The van der Waals surface area contributed by atoms with E-state index >= 15 is 0 Å². The van der Waals surface area contributed by atoms with Gasteiger partial charge in [-0.3, -0.25) is 4.79 Å². The summed E-state index contributed by atoms with van der Waals surface area (Å²) in [4.78, 5) is 19.0. The van der Waals surface area contributed by atoms with Crippen molar-refractivity contribution < 1.29 is 31.9 Å². The van der Waals surface area contributed by atoms with Gasteiger partial charge >= 0.3 is 0 Å². The van der Waals surface area contributed by atoms with E-state index in [9.17, 15) is 13.2 Å². The Morgan fingerprint density at radius 3 is 2.33 bits per heavy atom. The van der Waals surface area contributed by atoms with Crippen LogP contribution in [0.2, 0.25) is 0 Å².